The first kappa shape index (κ1) is 7.28. The van der Waals surface area contributed by atoms with Crippen LogP contribution in [0.5, 0.6) is 0 Å². The molecule has 1 aromatic carbocycles. The first-order chi connectivity index (χ1) is 5.77. The molecule has 61 valence electrons. The number of anilines is 1. The maximum absolute atomic E-state index is 12.5. The van der Waals surface area contributed by atoms with Gasteiger partial charge in [-0.3, -0.25) is 4.79 Å². The predicted octanol–water partition coefficient (Wildman–Crippen LogP) is 1.38. The molecule has 1 aliphatic heterocycles. The molecule has 2 rings (SSSR count). The number of carbonyl (C=O) groups excluding carboxylic acids is 1. The normalized spacial score (nSPS) is 16.1. The van der Waals surface area contributed by atoms with E-state index in [1.807, 2.05) is 0 Å². The molecule has 1 fully saturated rings. The van der Waals surface area contributed by atoms with Crippen LogP contribution in [0.25, 0.3) is 0 Å². The van der Waals surface area contributed by atoms with E-state index in [9.17, 15) is 9.18 Å². The molecular formula is C9H7FNO. The lowest BCUT2D eigenvalue weighted by Gasteiger charge is -2.30. The summed E-state index contributed by atoms with van der Waals surface area (Å²) in [6.45, 7) is 0.629. The molecular weight excluding hydrogens is 157 g/mol. The van der Waals surface area contributed by atoms with Gasteiger partial charge in [-0.25, -0.2) is 4.39 Å². The zero-order valence-electron chi connectivity index (χ0n) is 6.33. The molecule has 1 heterocycles. The van der Waals surface area contributed by atoms with Gasteiger partial charge < -0.3 is 4.90 Å². The van der Waals surface area contributed by atoms with E-state index in [1.165, 1.54) is 12.1 Å². The molecule has 1 saturated heterocycles. The van der Waals surface area contributed by atoms with Gasteiger partial charge in [0.15, 0.2) is 0 Å². The van der Waals surface area contributed by atoms with Gasteiger partial charge in [-0.1, -0.05) is 0 Å². The van der Waals surface area contributed by atoms with Crippen LogP contribution in [0.2, 0.25) is 0 Å². The lowest BCUT2D eigenvalue weighted by molar-refractivity contribution is -0.118. The van der Waals surface area contributed by atoms with Crippen LogP contribution in [0.1, 0.15) is 0 Å². The monoisotopic (exact) mass is 164 g/mol. The Balaban J connectivity index is 2.23. The average molecular weight is 164 g/mol. The summed E-state index contributed by atoms with van der Waals surface area (Å²) in [6.07, 6.45) is 1.59. The highest BCUT2D eigenvalue weighted by Gasteiger charge is 2.25. The Morgan fingerprint density at radius 1 is 1.25 bits per heavy atom. The quantitative estimate of drug-likeness (QED) is 0.574. The molecule has 0 atom stereocenters. The number of amides is 1. The van der Waals surface area contributed by atoms with Crippen LogP contribution in [0.3, 0.4) is 0 Å². The highest BCUT2D eigenvalue weighted by Crippen LogP contribution is 2.20. The van der Waals surface area contributed by atoms with Crippen LogP contribution in [0.4, 0.5) is 10.1 Å². The van der Waals surface area contributed by atoms with Crippen molar-refractivity contribution in [3.8, 4) is 0 Å². The van der Waals surface area contributed by atoms with Crippen molar-refractivity contribution in [2.45, 2.75) is 0 Å². The summed E-state index contributed by atoms with van der Waals surface area (Å²) < 4.78 is 12.5. The fourth-order valence-corrected chi connectivity index (χ4v) is 1.11. The number of nitrogens with zero attached hydrogens (tertiary/aromatic N) is 1. The van der Waals surface area contributed by atoms with Crippen molar-refractivity contribution < 1.29 is 9.18 Å². The van der Waals surface area contributed by atoms with E-state index >= 15 is 0 Å². The van der Waals surface area contributed by atoms with Gasteiger partial charge in [0, 0.05) is 12.2 Å². The van der Waals surface area contributed by atoms with Crippen LogP contribution in [0.15, 0.2) is 24.3 Å². The Morgan fingerprint density at radius 3 is 2.33 bits per heavy atom. The molecule has 3 heteroatoms. The second kappa shape index (κ2) is 2.59. The van der Waals surface area contributed by atoms with Gasteiger partial charge in [0.05, 0.1) is 6.42 Å². The number of rotatable bonds is 1. The SMILES string of the molecule is O=C1[CH]CN1c1ccc(F)cc1. The lowest BCUT2D eigenvalue weighted by atomic mass is 10.1. The topological polar surface area (TPSA) is 20.3 Å². The molecule has 0 bridgehead atoms. The van der Waals surface area contributed by atoms with E-state index in [1.54, 1.807) is 23.5 Å². The van der Waals surface area contributed by atoms with Crippen molar-refractivity contribution in [3.05, 3.63) is 36.5 Å². The van der Waals surface area contributed by atoms with Crippen LogP contribution in [-0.2, 0) is 4.79 Å². The van der Waals surface area contributed by atoms with Gasteiger partial charge in [-0.15, -0.1) is 0 Å². The molecule has 0 spiro atoms. The molecule has 1 aliphatic rings. The maximum Gasteiger partial charge on any atom is 0.232 e. The number of hydrogen-bond acceptors (Lipinski definition) is 1. The Morgan fingerprint density at radius 2 is 1.92 bits per heavy atom. The Kier molecular flexibility index (Phi) is 1.57. The summed E-state index contributed by atoms with van der Waals surface area (Å²) >= 11 is 0. The fourth-order valence-electron chi connectivity index (χ4n) is 1.11. The van der Waals surface area contributed by atoms with Crippen molar-refractivity contribution >= 4 is 11.6 Å². The second-order valence-electron chi connectivity index (χ2n) is 2.63. The maximum atomic E-state index is 12.5. The Hall–Kier alpha value is -1.38. The fraction of sp³-hybridized carbons (Fsp3) is 0.111. The molecule has 1 radical (unpaired) electrons. The van der Waals surface area contributed by atoms with Crippen molar-refractivity contribution in [1.29, 1.82) is 0 Å². The molecule has 1 amide bonds. The third kappa shape index (κ3) is 1.07. The molecule has 0 saturated carbocycles. The molecule has 0 unspecified atom stereocenters. The van der Waals surface area contributed by atoms with Crippen molar-refractivity contribution in [2.24, 2.45) is 0 Å². The van der Waals surface area contributed by atoms with Gasteiger partial charge in [0.25, 0.3) is 0 Å². The van der Waals surface area contributed by atoms with Gasteiger partial charge in [0.2, 0.25) is 5.91 Å². The first-order valence-corrected chi connectivity index (χ1v) is 3.67. The van der Waals surface area contributed by atoms with E-state index < -0.39 is 0 Å². The van der Waals surface area contributed by atoms with Crippen molar-refractivity contribution in [1.82, 2.24) is 0 Å². The molecule has 0 aromatic heterocycles. The Bertz CT molecular complexity index is 307. The summed E-state index contributed by atoms with van der Waals surface area (Å²) in [4.78, 5) is 12.5. The standard InChI is InChI=1S/C9H7FNO/c10-7-1-3-8(4-2-7)11-6-5-9(11)12/h1-5H,6H2. The summed E-state index contributed by atoms with van der Waals surface area (Å²) in [5.74, 6) is -0.294. The van der Waals surface area contributed by atoms with Gasteiger partial charge in [0.1, 0.15) is 5.82 Å². The Labute approximate surface area is 69.6 Å². The first-order valence-electron chi connectivity index (χ1n) is 3.67. The molecule has 1 aromatic rings. The lowest BCUT2D eigenvalue weighted by Crippen LogP contribution is -2.44. The van der Waals surface area contributed by atoms with E-state index in [2.05, 4.69) is 0 Å². The zero-order valence-corrected chi connectivity index (χ0v) is 6.33. The third-order valence-electron chi connectivity index (χ3n) is 1.85. The van der Waals surface area contributed by atoms with Gasteiger partial charge in [-0.2, -0.15) is 0 Å². The second-order valence-corrected chi connectivity index (χ2v) is 2.63. The minimum absolute atomic E-state index is 0.0124. The number of carbonyl (C=O) groups is 1. The minimum Gasteiger partial charge on any atom is -0.311 e. The van der Waals surface area contributed by atoms with Crippen molar-refractivity contribution in [3.63, 3.8) is 0 Å². The summed E-state index contributed by atoms with van der Waals surface area (Å²) in [5.41, 5.74) is 0.754. The average Bonchev–Trinajstić information content (AvgIpc) is 2.06. The highest BCUT2D eigenvalue weighted by atomic mass is 19.1. The highest BCUT2D eigenvalue weighted by molar-refractivity contribution is 6.06. The predicted molar refractivity (Wildman–Crippen MR) is 43.1 cm³/mol. The van der Waals surface area contributed by atoms with Crippen molar-refractivity contribution in [2.75, 3.05) is 11.4 Å². The van der Waals surface area contributed by atoms with Gasteiger partial charge >= 0.3 is 0 Å². The van der Waals surface area contributed by atoms with E-state index in [0.717, 1.165) is 5.69 Å². The van der Waals surface area contributed by atoms with E-state index in [-0.39, 0.29) is 11.7 Å². The summed E-state index contributed by atoms with van der Waals surface area (Å²) in [7, 11) is 0. The molecule has 2 nitrogen and oxygen atoms in total. The number of benzene rings is 1. The molecule has 0 N–H and O–H groups in total. The smallest absolute Gasteiger partial charge is 0.232 e. The molecule has 0 aliphatic carbocycles. The summed E-state index contributed by atoms with van der Waals surface area (Å²) in [6, 6.07) is 5.89. The minimum atomic E-state index is -0.282. The summed E-state index contributed by atoms with van der Waals surface area (Å²) in [5, 5.41) is 0. The van der Waals surface area contributed by atoms with Crippen LogP contribution in [0, 0.1) is 12.2 Å². The number of halogens is 1. The van der Waals surface area contributed by atoms with E-state index in [0.29, 0.717) is 6.54 Å². The van der Waals surface area contributed by atoms with E-state index in [4.69, 9.17) is 0 Å². The van der Waals surface area contributed by atoms with Gasteiger partial charge in [-0.05, 0) is 24.3 Å². The molecule has 12 heavy (non-hydrogen) atoms. The number of hydrogen-bond donors (Lipinski definition) is 0. The van der Waals surface area contributed by atoms with Crippen LogP contribution in [-0.4, -0.2) is 12.5 Å². The van der Waals surface area contributed by atoms with Crippen LogP contribution >= 0.6 is 0 Å². The van der Waals surface area contributed by atoms with Crippen LogP contribution < -0.4 is 4.90 Å². The number of β-lactam (4-membered cyclic amide) rings is 1. The largest absolute Gasteiger partial charge is 0.311 e. The zero-order chi connectivity index (χ0) is 8.55. The third-order valence-corrected chi connectivity index (χ3v) is 1.85.